The molecule has 0 spiro atoms. The molecule has 116 valence electrons. The van der Waals surface area contributed by atoms with Gasteiger partial charge in [0.1, 0.15) is 4.88 Å². The van der Waals surface area contributed by atoms with Gasteiger partial charge in [0.25, 0.3) is 5.91 Å². The normalized spacial score (nSPS) is 21.9. The van der Waals surface area contributed by atoms with E-state index >= 15 is 0 Å². The van der Waals surface area contributed by atoms with Gasteiger partial charge in [-0.15, -0.1) is 11.3 Å². The van der Waals surface area contributed by atoms with Crippen LogP contribution in [0.5, 0.6) is 0 Å². The number of hydrogen-bond acceptors (Lipinski definition) is 6. The number of hydrogen-bond donors (Lipinski definition) is 0. The third-order valence-electron chi connectivity index (χ3n) is 3.62. The molecule has 0 aliphatic carbocycles. The smallest absolute Gasteiger partial charge is 0.266 e. The lowest BCUT2D eigenvalue weighted by molar-refractivity contribution is -0.0385. The van der Waals surface area contributed by atoms with Gasteiger partial charge < -0.3 is 9.64 Å². The van der Waals surface area contributed by atoms with Gasteiger partial charge >= 0.3 is 0 Å². The topological polar surface area (TPSA) is 68.2 Å². The fourth-order valence-corrected chi connectivity index (χ4v) is 3.39. The highest BCUT2D eigenvalue weighted by Gasteiger charge is 2.30. The number of carbonyl (C=O) groups excluding carboxylic acids is 1. The molecule has 7 heteroatoms. The molecule has 3 rings (SSSR count). The molecule has 1 fully saturated rings. The first-order valence-electron chi connectivity index (χ1n) is 7.23. The van der Waals surface area contributed by atoms with Crippen LogP contribution in [0.2, 0.25) is 0 Å². The Morgan fingerprint density at radius 1 is 1.36 bits per heavy atom. The molecule has 3 heterocycles. The number of morpholine rings is 1. The van der Waals surface area contributed by atoms with Crippen molar-refractivity contribution in [2.75, 3.05) is 13.2 Å². The summed E-state index contributed by atoms with van der Waals surface area (Å²) < 4.78 is 5.59. The average Bonchev–Trinajstić information content (AvgIpc) is 2.92. The Morgan fingerprint density at radius 3 is 2.82 bits per heavy atom. The lowest BCUT2D eigenvalue weighted by atomic mass is 10.2. The Labute approximate surface area is 133 Å². The molecule has 1 aliphatic rings. The van der Waals surface area contributed by atoms with Crippen molar-refractivity contribution in [2.45, 2.75) is 32.9 Å². The summed E-state index contributed by atoms with van der Waals surface area (Å²) in [4.78, 5) is 28.2. The molecule has 0 radical (unpaired) electrons. The van der Waals surface area contributed by atoms with E-state index in [-0.39, 0.29) is 18.1 Å². The molecule has 0 aromatic carbocycles. The molecule has 1 amide bonds. The molecule has 2 aromatic heterocycles. The molecule has 6 nitrogen and oxygen atoms in total. The lowest BCUT2D eigenvalue weighted by Crippen LogP contribution is -2.50. The van der Waals surface area contributed by atoms with Gasteiger partial charge in [0.15, 0.2) is 10.8 Å². The summed E-state index contributed by atoms with van der Waals surface area (Å²) in [7, 11) is 0. The molecular formula is C15H18N4O2S. The maximum atomic E-state index is 12.8. The van der Waals surface area contributed by atoms with Crippen LogP contribution in [0.1, 0.15) is 29.2 Å². The third kappa shape index (κ3) is 2.86. The van der Waals surface area contributed by atoms with E-state index in [1.807, 2.05) is 25.7 Å². The Kier molecular flexibility index (Phi) is 4.17. The number of ether oxygens (including phenoxy) is 1. The quantitative estimate of drug-likeness (QED) is 0.849. The molecule has 22 heavy (non-hydrogen) atoms. The number of thiazole rings is 1. The fraction of sp³-hybridized carbons (Fsp3) is 0.467. The molecule has 1 saturated heterocycles. The van der Waals surface area contributed by atoms with Gasteiger partial charge in [-0.05, 0) is 26.8 Å². The Bertz CT molecular complexity index is 673. The Balaban J connectivity index is 1.88. The SMILES string of the molecule is Cc1nc(-c2ncccn2)sc1C(=O)N1C[C@H](C)OC[C@H]1C. The van der Waals surface area contributed by atoms with Crippen LogP contribution in [-0.2, 0) is 4.74 Å². The van der Waals surface area contributed by atoms with Crippen LogP contribution < -0.4 is 0 Å². The van der Waals surface area contributed by atoms with Gasteiger partial charge in [-0.2, -0.15) is 0 Å². The van der Waals surface area contributed by atoms with E-state index in [0.717, 1.165) is 5.69 Å². The van der Waals surface area contributed by atoms with Crippen molar-refractivity contribution in [1.82, 2.24) is 19.9 Å². The first kappa shape index (κ1) is 15.1. The number of aryl methyl sites for hydroxylation is 1. The van der Waals surface area contributed by atoms with Gasteiger partial charge in [0.2, 0.25) is 0 Å². The molecule has 0 N–H and O–H groups in total. The molecule has 0 saturated carbocycles. The summed E-state index contributed by atoms with van der Waals surface area (Å²) in [6, 6.07) is 1.83. The number of nitrogens with zero attached hydrogens (tertiary/aromatic N) is 4. The van der Waals surface area contributed by atoms with Crippen LogP contribution in [0.4, 0.5) is 0 Å². The average molecular weight is 318 g/mol. The fourth-order valence-electron chi connectivity index (χ4n) is 2.42. The van der Waals surface area contributed by atoms with Gasteiger partial charge in [-0.25, -0.2) is 15.0 Å². The summed E-state index contributed by atoms with van der Waals surface area (Å²) >= 11 is 1.35. The van der Waals surface area contributed by atoms with Crippen molar-refractivity contribution >= 4 is 17.2 Å². The van der Waals surface area contributed by atoms with E-state index in [1.165, 1.54) is 11.3 Å². The highest BCUT2D eigenvalue weighted by Crippen LogP contribution is 2.27. The predicted octanol–water partition coefficient (Wildman–Crippen LogP) is 2.16. The summed E-state index contributed by atoms with van der Waals surface area (Å²) in [5.74, 6) is 0.567. The third-order valence-corrected chi connectivity index (χ3v) is 4.76. The van der Waals surface area contributed by atoms with E-state index in [9.17, 15) is 4.79 Å². The summed E-state index contributed by atoms with van der Waals surface area (Å²) in [5.41, 5.74) is 0.726. The molecule has 2 atom stereocenters. The maximum Gasteiger partial charge on any atom is 0.266 e. The van der Waals surface area contributed by atoms with Crippen LogP contribution in [0, 0.1) is 6.92 Å². The standard InChI is InChI=1S/C15H18N4O2S/c1-9-8-21-10(2)7-19(9)15(20)12-11(3)18-14(22-12)13-16-5-4-6-17-13/h4-6,9-10H,7-8H2,1-3H3/t9-,10+/m1/s1. The summed E-state index contributed by atoms with van der Waals surface area (Å²) in [6.07, 6.45) is 3.41. The molecule has 2 aromatic rings. The second kappa shape index (κ2) is 6.10. The number of carbonyl (C=O) groups is 1. The lowest BCUT2D eigenvalue weighted by Gasteiger charge is -2.36. The second-order valence-corrected chi connectivity index (χ2v) is 6.46. The van der Waals surface area contributed by atoms with E-state index in [2.05, 4.69) is 15.0 Å². The minimum absolute atomic E-state index is 0.0137. The van der Waals surface area contributed by atoms with Crippen molar-refractivity contribution in [3.05, 3.63) is 29.0 Å². The monoisotopic (exact) mass is 318 g/mol. The zero-order valence-corrected chi connectivity index (χ0v) is 13.6. The molecule has 0 bridgehead atoms. The van der Waals surface area contributed by atoms with Gasteiger partial charge in [-0.1, -0.05) is 0 Å². The van der Waals surface area contributed by atoms with Gasteiger partial charge in [-0.3, -0.25) is 4.79 Å². The highest BCUT2D eigenvalue weighted by molar-refractivity contribution is 7.17. The van der Waals surface area contributed by atoms with Crippen LogP contribution in [0.3, 0.4) is 0 Å². The van der Waals surface area contributed by atoms with Crippen molar-refractivity contribution in [1.29, 1.82) is 0 Å². The van der Waals surface area contributed by atoms with E-state index in [0.29, 0.717) is 28.9 Å². The van der Waals surface area contributed by atoms with Crippen LogP contribution in [0.25, 0.3) is 10.8 Å². The zero-order valence-electron chi connectivity index (χ0n) is 12.8. The molecule has 0 unspecified atom stereocenters. The summed E-state index contributed by atoms with van der Waals surface area (Å²) in [6.45, 7) is 7.01. The number of rotatable bonds is 2. The van der Waals surface area contributed by atoms with Crippen LogP contribution in [-0.4, -0.2) is 51.1 Å². The van der Waals surface area contributed by atoms with Gasteiger partial charge in [0.05, 0.1) is 24.4 Å². The molecule has 1 aliphatic heterocycles. The van der Waals surface area contributed by atoms with Gasteiger partial charge in [0, 0.05) is 18.9 Å². The second-order valence-electron chi connectivity index (χ2n) is 5.46. The minimum atomic E-state index is 0.0137. The zero-order chi connectivity index (χ0) is 15.7. The van der Waals surface area contributed by atoms with E-state index in [4.69, 9.17) is 4.74 Å². The Hall–Kier alpha value is -1.86. The minimum Gasteiger partial charge on any atom is -0.375 e. The predicted molar refractivity (Wildman–Crippen MR) is 83.8 cm³/mol. The van der Waals surface area contributed by atoms with E-state index in [1.54, 1.807) is 18.5 Å². The first-order valence-corrected chi connectivity index (χ1v) is 8.05. The highest BCUT2D eigenvalue weighted by atomic mass is 32.1. The summed E-state index contributed by atoms with van der Waals surface area (Å²) in [5, 5.41) is 0.676. The number of aromatic nitrogens is 3. The molecular weight excluding hydrogens is 300 g/mol. The van der Waals surface area contributed by atoms with Crippen molar-refractivity contribution in [2.24, 2.45) is 0 Å². The van der Waals surface area contributed by atoms with Crippen LogP contribution in [0.15, 0.2) is 18.5 Å². The van der Waals surface area contributed by atoms with Crippen LogP contribution >= 0.6 is 11.3 Å². The van der Waals surface area contributed by atoms with Crippen molar-refractivity contribution in [3.8, 4) is 10.8 Å². The van der Waals surface area contributed by atoms with E-state index < -0.39 is 0 Å². The van der Waals surface area contributed by atoms with Crippen molar-refractivity contribution in [3.63, 3.8) is 0 Å². The number of amides is 1. The Morgan fingerprint density at radius 2 is 2.09 bits per heavy atom. The first-order chi connectivity index (χ1) is 10.6. The largest absolute Gasteiger partial charge is 0.375 e. The maximum absolute atomic E-state index is 12.8. The van der Waals surface area contributed by atoms with Crippen molar-refractivity contribution < 1.29 is 9.53 Å².